The molecule has 0 spiro atoms. The van der Waals surface area contributed by atoms with Gasteiger partial charge in [0.15, 0.2) is 0 Å². The van der Waals surface area contributed by atoms with Gasteiger partial charge in [0.2, 0.25) is 0 Å². The van der Waals surface area contributed by atoms with E-state index < -0.39 is 29.8 Å². The fraction of sp³-hybridized carbons (Fsp3) is 0.889. The van der Waals surface area contributed by atoms with Crippen LogP contribution >= 0.6 is 0 Å². The first kappa shape index (κ1) is 10.8. The van der Waals surface area contributed by atoms with E-state index in [0.717, 1.165) is 0 Å². The number of likely N-dealkylation sites (N-methyl/N-ethyl adjacent to an activating group) is 1. The highest BCUT2D eigenvalue weighted by molar-refractivity contribution is 5.76. The third kappa shape index (κ3) is 1.72. The van der Waals surface area contributed by atoms with Crippen LogP contribution in [0.25, 0.3) is 0 Å². The molecule has 0 aromatic carbocycles. The van der Waals surface area contributed by atoms with Crippen molar-refractivity contribution in [2.75, 3.05) is 26.7 Å². The number of nitrogens with zero attached hydrogens (tertiary/aromatic N) is 1. The minimum Gasteiger partial charge on any atom is -0.481 e. The fourth-order valence-corrected chi connectivity index (χ4v) is 2.16. The van der Waals surface area contributed by atoms with Crippen molar-refractivity contribution in [1.29, 1.82) is 0 Å². The third-order valence-corrected chi connectivity index (χ3v) is 3.07. The van der Waals surface area contributed by atoms with E-state index in [4.69, 9.17) is 9.84 Å². The Bertz CT molecular complexity index is 285. The summed E-state index contributed by atoms with van der Waals surface area (Å²) in [6.07, 6.45) is -0.653. The molecule has 2 rings (SSSR count). The van der Waals surface area contributed by atoms with Crippen LogP contribution in [0.1, 0.15) is 0 Å². The molecule has 0 amide bonds. The van der Waals surface area contributed by atoms with Crippen LogP contribution in [0.15, 0.2) is 0 Å². The zero-order valence-corrected chi connectivity index (χ0v) is 8.32. The number of rotatable bonds is 2. The maximum Gasteiger partial charge on any atom is 0.313 e. The number of carboxylic acids is 1. The Morgan fingerprint density at radius 2 is 2.27 bits per heavy atom. The topological polar surface area (TPSA) is 49.8 Å². The second-order valence-electron chi connectivity index (χ2n) is 4.19. The molecule has 0 bridgehead atoms. The predicted octanol–water partition coefficient (Wildman–Crippen LogP) is 0.283. The van der Waals surface area contributed by atoms with Gasteiger partial charge in [-0.2, -0.15) is 0 Å². The molecular weight excluding hydrogens is 208 g/mol. The number of halogens is 2. The second-order valence-corrected chi connectivity index (χ2v) is 4.19. The van der Waals surface area contributed by atoms with Crippen LogP contribution in [0.3, 0.4) is 0 Å². The summed E-state index contributed by atoms with van der Waals surface area (Å²) in [6.45, 7) is 1.47. The van der Waals surface area contributed by atoms with E-state index in [-0.39, 0.29) is 0 Å². The Kier molecular flexibility index (Phi) is 2.42. The van der Waals surface area contributed by atoms with E-state index in [1.54, 1.807) is 0 Å². The molecule has 1 saturated heterocycles. The first-order valence-electron chi connectivity index (χ1n) is 4.85. The molecule has 2 fully saturated rings. The van der Waals surface area contributed by atoms with Crippen LogP contribution in [0.2, 0.25) is 0 Å². The number of aliphatic carboxylic acids is 1. The Labute approximate surface area is 85.8 Å². The molecule has 86 valence electrons. The third-order valence-electron chi connectivity index (χ3n) is 3.07. The van der Waals surface area contributed by atoms with Crippen molar-refractivity contribution in [2.45, 2.75) is 12.0 Å². The predicted molar refractivity (Wildman–Crippen MR) is 46.8 cm³/mol. The van der Waals surface area contributed by atoms with E-state index in [1.165, 1.54) is 0 Å². The van der Waals surface area contributed by atoms with Crippen LogP contribution in [-0.4, -0.2) is 54.7 Å². The average molecular weight is 221 g/mol. The number of alkyl halides is 2. The summed E-state index contributed by atoms with van der Waals surface area (Å²) < 4.78 is 31.5. The van der Waals surface area contributed by atoms with Gasteiger partial charge in [-0.05, 0) is 7.05 Å². The van der Waals surface area contributed by atoms with Crippen molar-refractivity contribution in [1.82, 2.24) is 4.90 Å². The van der Waals surface area contributed by atoms with Gasteiger partial charge in [0, 0.05) is 13.1 Å². The maximum absolute atomic E-state index is 13.1. The summed E-state index contributed by atoms with van der Waals surface area (Å²) >= 11 is 0. The molecule has 15 heavy (non-hydrogen) atoms. The molecule has 0 aromatic rings. The van der Waals surface area contributed by atoms with Gasteiger partial charge in [0.25, 0.3) is 5.92 Å². The fourth-order valence-electron chi connectivity index (χ4n) is 2.16. The van der Waals surface area contributed by atoms with Gasteiger partial charge < -0.3 is 14.7 Å². The van der Waals surface area contributed by atoms with Gasteiger partial charge in [0.1, 0.15) is 5.92 Å². The number of morpholine rings is 1. The average Bonchev–Trinajstić information content (AvgIpc) is 2.69. The van der Waals surface area contributed by atoms with Gasteiger partial charge in [-0.3, -0.25) is 4.79 Å². The van der Waals surface area contributed by atoms with Crippen LogP contribution in [0, 0.1) is 11.8 Å². The minimum atomic E-state index is -3.10. The minimum absolute atomic E-state index is 0.379. The van der Waals surface area contributed by atoms with E-state index in [9.17, 15) is 13.6 Å². The van der Waals surface area contributed by atoms with Crippen molar-refractivity contribution >= 4 is 5.97 Å². The van der Waals surface area contributed by atoms with E-state index in [0.29, 0.717) is 19.7 Å². The van der Waals surface area contributed by atoms with Crippen LogP contribution in [-0.2, 0) is 9.53 Å². The Balaban J connectivity index is 2.03. The monoisotopic (exact) mass is 221 g/mol. The number of hydrogen-bond acceptors (Lipinski definition) is 3. The number of hydrogen-bond donors (Lipinski definition) is 1. The lowest BCUT2D eigenvalue weighted by Gasteiger charge is -2.30. The summed E-state index contributed by atoms with van der Waals surface area (Å²) in [7, 11) is 1.81. The van der Waals surface area contributed by atoms with E-state index >= 15 is 0 Å². The first-order chi connectivity index (χ1) is 6.94. The summed E-state index contributed by atoms with van der Waals surface area (Å²) in [5.41, 5.74) is 0. The quantitative estimate of drug-likeness (QED) is 0.727. The van der Waals surface area contributed by atoms with Gasteiger partial charge in [0.05, 0.1) is 18.6 Å². The Morgan fingerprint density at radius 1 is 1.60 bits per heavy atom. The first-order valence-corrected chi connectivity index (χ1v) is 4.85. The van der Waals surface area contributed by atoms with Gasteiger partial charge in [-0.1, -0.05) is 0 Å². The summed E-state index contributed by atoms with van der Waals surface area (Å²) in [5, 5.41) is 8.61. The van der Waals surface area contributed by atoms with Crippen molar-refractivity contribution in [3.8, 4) is 0 Å². The lowest BCUT2D eigenvalue weighted by molar-refractivity contribution is -0.141. The molecule has 1 N–H and O–H groups in total. The normalized spacial score (nSPS) is 40.1. The highest BCUT2D eigenvalue weighted by Crippen LogP contribution is 2.58. The lowest BCUT2D eigenvalue weighted by atomic mass is 10.1. The molecular formula is C9H13F2NO3. The zero-order chi connectivity index (χ0) is 11.2. The van der Waals surface area contributed by atoms with Crippen LogP contribution in [0.5, 0.6) is 0 Å². The zero-order valence-electron chi connectivity index (χ0n) is 8.32. The van der Waals surface area contributed by atoms with Crippen LogP contribution < -0.4 is 0 Å². The van der Waals surface area contributed by atoms with Crippen molar-refractivity contribution in [3.05, 3.63) is 0 Å². The molecule has 6 heteroatoms. The molecule has 1 aliphatic carbocycles. The highest BCUT2D eigenvalue weighted by Gasteiger charge is 2.75. The molecule has 2 unspecified atom stereocenters. The number of carbonyl (C=O) groups is 1. The second kappa shape index (κ2) is 3.38. The molecule has 1 saturated carbocycles. The summed E-state index contributed by atoms with van der Waals surface area (Å²) in [6, 6.07) is 0. The summed E-state index contributed by atoms with van der Waals surface area (Å²) in [4.78, 5) is 12.4. The van der Waals surface area contributed by atoms with Gasteiger partial charge in [-0.25, -0.2) is 8.78 Å². The molecule has 2 aliphatic rings. The van der Waals surface area contributed by atoms with E-state index in [2.05, 4.69) is 0 Å². The molecule has 0 radical (unpaired) electrons. The van der Waals surface area contributed by atoms with Crippen molar-refractivity contribution in [3.63, 3.8) is 0 Å². The van der Waals surface area contributed by atoms with Crippen LogP contribution in [0.4, 0.5) is 8.78 Å². The maximum atomic E-state index is 13.1. The number of ether oxygens (including phenoxy) is 1. The van der Waals surface area contributed by atoms with Gasteiger partial charge >= 0.3 is 5.97 Å². The summed E-state index contributed by atoms with van der Waals surface area (Å²) in [5.74, 6) is -7.25. The molecule has 0 aromatic heterocycles. The lowest BCUT2D eigenvalue weighted by Crippen LogP contribution is -2.42. The van der Waals surface area contributed by atoms with Crippen molar-refractivity contribution in [2.24, 2.45) is 11.8 Å². The molecule has 1 aliphatic heterocycles. The molecule has 4 nitrogen and oxygen atoms in total. The highest BCUT2D eigenvalue weighted by atomic mass is 19.3. The van der Waals surface area contributed by atoms with Gasteiger partial charge in [-0.15, -0.1) is 0 Å². The molecule has 3 atom stereocenters. The Hall–Kier alpha value is -0.750. The smallest absolute Gasteiger partial charge is 0.313 e. The largest absolute Gasteiger partial charge is 0.481 e. The van der Waals surface area contributed by atoms with E-state index in [1.807, 2.05) is 11.9 Å². The Morgan fingerprint density at radius 3 is 2.73 bits per heavy atom. The standard InChI is InChI=1S/C9H13F2NO3/c1-12-2-3-15-5(4-12)6-7(8(13)14)9(6,10)11/h5-7H,2-4H2,1H3,(H,13,14)/t5-,6?,7?/m0/s1. The number of carboxylic acid groups (broad SMARTS) is 1. The van der Waals surface area contributed by atoms with Crippen molar-refractivity contribution < 1.29 is 23.4 Å². The SMILES string of the molecule is CN1CCO[C@H](C2C(C(=O)O)C2(F)F)C1. The molecule has 1 heterocycles.